The number of nitrogens with zero attached hydrogens (tertiary/aromatic N) is 1. The fourth-order valence-corrected chi connectivity index (χ4v) is 3.52. The Hall–Kier alpha value is -0.670. The maximum absolute atomic E-state index is 5.79. The van der Waals surface area contributed by atoms with Crippen molar-refractivity contribution >= 4 is 17.4 Å². The standard InChI is InChI=1S/C14H22N2S/c1-2-14-11-16(8-9-17-14)7-6-12-4-3-5-13(15)10-12/h3-5,10,14H,2,6-9,11,15H2,1H3. The molecule has 1 saturated heterocycles. The molecule has 94 valence electrons. The van der Waals surface area contributed by atoms with Crippen LogP contribution in [0.1, 0.15) is 18.9 Å². The van der Waals surface area contributed by atoms with Crippen molar-refractivity contribution in [3.63, 3.8) is 0 Å². The Morgan fingerprint density at radius 1 is 1.47 bits per heavy atom. The van der Waals surface area contributed by atoms with Gasteiger partial charge in [-0.1, -0.05) is 19.1 Å². The monoisotopic (exact) mass is 250 g/mol. The molecule has 1 heterocycles. The normalized spacial score (nSPS) is 21.6. The Kier molecular flexibility index (Phi) is 4.75. The third kappa shape index (κ3) is 3.93. The lowest BCUT2D eigenvalue weighted by Crippen LogP contribution is -2.38. The van der Waals surface area contributed by atoms with E-state index in [-0.39, 0.29) is 0 Å². The van der Waals surface area contributed by atoms with E-state index in [1.54, 1.807) is 0 Å². The van der Waals surface area contributed by atoms with Crippen molar-refractivity contribution in [3.05, 3.63) is 29.8 Å². The molecule has 0 aromatic heterocycles. The molecule has 1 fully saturated rings. The molecule has 1 aliphatic heterocycles. The van der Waals surface area contributed by atoms with Crippen LogP contribution in [0.2, 0.25) is 0 Å². The van der Waals surface area contributed by atoms with Crippen LogP contribution >= 0.6 is 11.8 Å². The van der Waals surface area contributed by atoms with Crippen LogP contribution in [-0.4, -0.2) is 35.5 Å². The summed E-state index contributed by atoms with van der Waals surface area (Å²) in [6, 6.07) is 8.27. The van der Waals surface area contributed by atoms with Crippen molar-refractivity contribution in [3.8, 4) is 0 Å². The van der Waals surface area contributed by atoms with Crippen molar-refractivity contribution in [2.24, 2.45) is 0 Å². The van der Waals surface area contributed by atoms with E-state index in [1.165, 1.54) is 37.4 Å². The van der Waals surface area contributed by atoms with E-state index < -0.39 is 0 Å². The highest BCUT2D eigenvalue weighted by Gasteiger charge is 2.18. The van der Waals surface area contributed by atoms with Crippen LogP contribution in [0.4, 0.5) is 5.69 Å². The van der Waals surface area contributed by atoms with E-state index in [0.717, 1.165) is 17.4 Å². The minimum Gasteiger partial charge on any atom is -0.399 e. The van der Waals surface area contributed by atoms with Gasteiger partial charge in [-0.05, 0) is 30.5 Å². The second kappa shape index (κ2) is 6.31. The molecule has 2 N–H and O–H groups in total. The van der Waals surface area contributed by atoms with Gasteiger partial charge >= 0.3 is 0 Å². The van der Waals surface area contributed by atoms with E-state index in [2.05, 4.69) is 35.7 Å². The SMILES string of the molecule is CCC1CN(CCc2cccc(N)c2)CCS1. The number of hydrogen-bond donors (Lipinski definition) is 1. The molecule has 1 aromatic rings. The maximum atomic E-state index is 5.79. The first kappa shape index (κ1) is 12.8. The zero-order valence-corrected chi connectivity index (χ0v) is 11.4. The molecule has 17 heavy (non-hydrogen) atoms. The molecule has 1 unspecified atom stereocenters. The van der Waals surface area contributed by atoms with Crippen LogP contribution in [0.5, 0.6) is 0 Å². The minimum absolute atomic E-state index is 0.838. The van der Waals surface area contributed by atoms with Crippen LogP contribution in [0, 0.1) is 0 Å². The Bertz CT molecular complexity index is 354. The first-order chi connectivity index (χ1) is 8.28. The third-order valence-electron chi connectivity index (χ3n) is 3.35. The van der Waals surface area contributed by atoms with E-state index in [0.29, 0.717) is 0 Å². The van der Waals surface area contributed by atoms with E-state index in [9.17, 15) is 0 Å². The quantitative estimate of drug-likeness (QED) is 0.833. The molecule has 1 aliphatic rings. The highest BCUT2D eigenvalue weighted by molar-refractivity contribution is 8.00. The second-order valence-corrected chi connectivity index (χ2v) is 6.10. The predicted octanol–water partition coefficient (Wildman–Crippen LogP) is 2.64. The van der Waals surface area contributed by atoms with Gasteiger partial charge in [0.05, 0.1) is 0 Å². The van der Waals surface area contributed by atoms with Crippen LogP contribution in [-0.2, 0) is 6.42 Å². The summed E-state index contributed by atoms with van der Waals surface area (Å²) in [4.78, 5) is 2.59. The van der Waals surface area contributed by atoms with Gasteiger partial charge in [0.15, 0.2) is 0 Å². The smallest absolute Gasteiger partial charge is 0.0316 e. The molecule has 1 aromatic carbocycles. The van der Waals surface area contributed by atoms with Crippen LogP contribution in [0.15, 0.2) is 24.3 Å². The topological polar surface area (TPSA) is 29.3 Å². The van der Waals surface area contributed by atoms with Gasteiger partial charge in [-0.15, -0.1) is 0 Å². The summed E-state index contributed by atoms with van der Waals surface area (Å²) in [5.41, 5.74) is 8.03. The Morgan fingerprint density at radius 2 is 2.35 bits per heavy atom. The largest absolute Gasteiger partial charge is 0.399 e. The van der Waals surface area contributed by atoms with Gasteiger partial charge in [0.2, 0.25) is 0 Å². The van der Waals surface area contributed by atoms with Crippen molar-refractivity contribution < 1.29 is 0 Å². The number of thioether (sulfide) groups is 1. The third-order valence-corrected chi connectivity index (χ3v) is 4.72. The van der Waals surface area contributed by atoms with Gasteiger partial charge in [0, 0.05) is 36.3 Å². The van der Waals surface area contributed by atoms with Gasteiger partial charge in [-0.2, -0.15) is 11.8 Å². The number of anilines is 1. The maximum Gasteiger partial charge on any atom is 0.0316 e. The van der Waals surface area contributed by atoms with Gasteiger partial charge in [0.1, 0.15) is 0 Å². The average molecular weight is 250 g/mol. The van der Waals surface area contributed by atoms with E-state index in [4.69, 9.17) is 5.73 Å². The molecular formula is C14H22N2S. The average Bonchev–Trinajstić information content (AvgIpc) is 2.37. The summed E-state index contributed by atoms with van der Waals surface area (Å²) in [5, 5.41) is 0.838. The number of hydrogen-bond acceptors (Lipinski definition) is 3. The second-order valence-electron chi connectivity index (χ2n) is 4.70. The minimum atomic E-state index is 0.838. The van der Waals surface area contributed by atoms with Gasteiger partial charge in [-0.3, -0.25) is 0 Å². The first-order valence-electron chi connectivity index (χ1n) is 6.46. The fraction of sp³-hybridized carbons (Fsp3) is 0.571. The number of benzene rings is 1. The van der Waals surface area contributed by atoms with E-state index >= 15 is 0 Å². The molecule has 0 spiro atoms. The summed E-state index contributed by atoms with van der Waals surface area (Å²) < 4.78 is 0. The Labute approximate surface area is 109 Å². The lowest BCUT2D eigenvalue weighted by atomic mass is 10.1. The summed E-state index contributed by atoms with van der Waals surface area (Å²) >= 11 is 2.13. The zero-order chi connectivity index (χ0) is 12.1. The molecule has 0 saturated carbocycles. The van der Waals surface area contributed by atoms with Gasteiger partial charge in [-0.25, -0.2) is 0 Å². The number of nitrogens with two attached hydrogens (primary N) is 1. The van der Waals surface area contributed by atoms with Crippen LogP contribution in [0.25, 0.3) is 0 Å². The molecule has 0 aliphatic carbocycles. The Morgan fingerprint density at radius 3 is 3.12 bits per heavy atom. The van der Waals surface area contributed by atoms with Crippen molar-refractivity contribution in [2.45, 2.75) is 25.0 Å². The molecule has 1 atom stereocenters. The van der Waals surface area contributed by atoms with E-state index in [1.807, 2.05) is 12.1 Å². The molecule has 3 heteroatoms. The molecule has 0 bridgehead atoms. The lowest BCUT2D eigenvalue weighted by Gasteiger charge is -2.31. The summed E-state index contributed by atoms with van der Waals surface area (Å²) in [5.74, 6) is 1.29. The molecular weight excluding hydrogens is 228 g/mol. The van der Waals surface area contributed by atoms with Crippen LogP contribution in [0.3, 0.4) is 0 Å². The summed E-state index contributed by atoms with van der Waals surface area (Å²) in [6.07, 6.45) is 2.41. The fourth-order valence-electron chi connectivity index (χ4n) is 2.27. The summed E-state index contributed by atoms with van der Waals surface area (Å²) in [7, 11) is 0. The molecule has 2 nitrogen and oxygen atoms in total. The highest BCUT2D eigenvalue weighted by Crippen LogP contribution is 2.21. The first-order valence-corrected chi connectivity index (χ1v) is 7.51. The number of nitrogen functional groups attached to an aromatic ring is 1. The number of rotatable bonds is 4. The van der Waals surface area contributed by atoms with Crippen LogP contribution < -0.4 is 5.73 Å². The van der Waals surface area contributed by atoms with Gasteiger partial charge in [0.25, 0.3) is 0 Å². The Balaban J connectivity index is 1.81. The molecule has 0 amide bonds. The predicted molar refractivity (Wildman–Crippen MR) is 77.5 cm³/mol. The van der Waals surface area contributed by atoms with Gasteiger partial charge < -0.3 is 10.6 Å². The molecule has 0 radical (unpaired) electrons. The van der Waals surface area contributed by atoms with Crippen molar-refractivity contribution in [1.29, 1.82) is 0 Å². The summed E-state index contributed by atoms with van der Waals surface area (Å²) in [6.45, 7) is 5.95. The highest BCUT2D eigenvalue weighted by atomic mass is 32.2. The zero-order valence-electron chi connectivity index (χ0n) is 10.6. The van der Waals surface area contributed by atoms with Crippen molar-refractivity contribution in [2.75, 3.05) is 31.1 Å². The molecule has 2 rings (SSSR count). The lowest BCUT2D eigenvalue weighted by molar-refractivity contribution is 0.285. The van der Waals surface area contributed by atoms with Crippen molar-refractivity contribution in [1.82, 2.24) is 4.90 Å².